The predicted octanol–water partition coefficient (Wildman–Crippen LogP) is -1.15. The van der Waals surface area contributed by atoms with Crippen molar-refractivity contribution in [2.75, 3.05) is 13.2 Å². The maximum atomic E-state index is 8.83. The normalized spacial score (nSPS) is 13.4. The molecule has 1 heterocycles. The summed E-state index contributed by atoms with van der Waals surface area (Å²) in [5.41, 5.74) is 6.14. The van der Waals surface area contributed by atoms with Crippen LogP contribution in [-0.2, 0) is 7.05 Å². The Morgan fingerprint density at radius 1 is 1.82 bits per heavy atom. The Hall–Kier alpha value is -0.940. The molecule has 0 fully saturated rings. The number of aliphatic hydroxyl groups is 1. The first kappa shape index (κ1) is 8.16. The number of aliphatic hydroxyl groups excluding tert-OH is 1. The number of hydrogen-bond donors (Lipinski definition) is 2. The standard InChI is InChI=1S/C6H12N4O/c1-10-3-6(8-9-10)5(2-7)4-11/h3,5,11H,2,4,7H2,1H3. The van der Waals surface area contributed by atoms with Gasteiger partial charge in [-0.05, 0) is 0 Å². The van der Waals surface area contributed by atoms with Gasteiger partial charge in [0.1, 0.15) is 0 Å². The lowest BCUT2D eigenvalue weighted by atomic mass is 10.1. The Kier molecular flexibility index (Phi) is 2.56. The first-order valence-corrected chi connectivity index (χ1v) is 3.45. The average molecular weight is 156 g/mol. The SMILES string of the molecule is Cn1cc(C(CN)CO)nn1. The fraction of sp³-hybridized carbons (Fsp3) is 0.667. The van der Waals surface area contributed by atoms with Crippen molar-refractivity contribution in [3.63, 3.8) is 0 Å². The maximum Gasteiger partial charge on any atom is 0.0893 e. The highest BCUT2D eigenvalue weighted by Gasteiger charge is 2.10. The van der Waals surface area contributed by atoms with E-state index in [0.29, 0.717) is 6.54 Å². The second-order valence-corrected chi connectivity index (χ2v) is 2.43. The van der Waals surface area contributed by atoms with Gasteiger partial charge in [-0.2, -0.15) is 0 Å². The molecule has 1 aromatic rings. The molecular formula is C6H12N4O. The molecule has 1 atom stereocenters. The van der Waals surface area contributed by atoms with Crippen molar-refractivity contribution in [3.8, 4) is 0 Å². The van der Waals surface area contributed by atoms with Gasteiger partial charge in [-0.15, -0.1) is 5.10 Å². The summed E-state index contributed by atoms with van der Waals surface area (Å²) in [5, 5.41) is 16.4. The van der Waals surface area contributed by atoms with E-state index in [-0.39, 0.29) is 12.5 Å². The molecule has 0 aromatic carbocycles. The Balaban J connectivity index is 2.73. The average Bonchev–Trinajstić information content (AvgIpc) is 2.39. The minimum Gasteiger partial charge on any atom is -0.396 e. The van der Waals surface area contributed by atoms with Gasteiger partial charge in [0.25, 0.3) is 0 Å². The lowest BCUT2D eigenvalue weighted by molar-refractivity contribution is 0.265. The fourth-order valence-electron chi connectivity index (χ4n) is 0.841. The van der Waals surface area contributed by atoms with Crippen molar-refractivity contribution in [2.45, 2.75) is 5.92 Å². The van der Waals surface area contributed by atoms with Crippen LogP contribution < -0.4 is 5.73 Å². The van der Waals surface area contributed by atoms with Crippen LogP contribution >= 0.6 is 0 Å². The van der Waals surface area contributed by atoms with E-state index in [1.165, 1.54) is 0 Å². The highest BCUT2D eigenvalue weighted by molar-refractivity contribution is 5.01. The molecule has 0 aliphatic rings. The summed E-state index contributed by atoms with van der Waals surface area (Å²) in [7, 11) is 1.78. The van der Waals surface area contributed by atoms with Crippen LogP contribution in [0.25, 0.3) is 0 Å². The molecule has 0 bridgehead atoms. The first-order valence-electron chi connectivity index (χ1n) is 3.45. The van der Waals surface area contributed by atoms with Crippen molar-refractivity contribution in [1.29, 1.82) is 0 Å². The van der Waals surface area contributed by atoms with E-state index < -0.39 is 0 Å². The summed E-state index contributed by atoms with van der Waals surface area (Å²) >= 11 is 0. The molecule has 0 aliphatic carbocycles. The third-order valence-corrected chi connectivity index (χ3v) is 1.54. The monoisotopic (exact) mass is 156 g/mol. The van der Waals surface area contributed by atoms with Gasteiger partial charge < -0.3 is 10.8 Å². The molecule has 11 heavy (non-hydrogen) atoms. The summed E-state index contributed by atoms with van der Waals surface area (Å²) in [6, 6.07) is 0. The molecule has 0 saturated carbocycles. The summed E-state index contributed by atoms with van der Waals surface area (Å²) in [6.45, 7) is 0.421. The zero-order valence-corrected chi connectivity index (χ0v) is 6.44. The topological polar surface area (TPSA) is 77.0 Å². The highest BCUT2D eigenvalue weighted by atomic mass is 16.3. The largest absolute Gasteiger partial charge is 0.396 e. The van der Waals surface area contributed by atoms with Crippen LogP contribution in [0.1, 0.15) is 11.6 Å². The Morgan fingerprint density at radius 2 is 2.55 bits per heavy atom. The molecule has 0 amide bonds. The lowest BCUT2D eigenvalue weighted by Crippen LogP contribution is -2.16. The second-order valence-electron chi connectivity index (χ2n) is 2.43. The maximum absolute atomic E-state index is 8.83. The van der Waals surface area contributed by atoms with Crippen LogP contribution in [0.2, 0.25) is 0 Å². The molecule has 1 aromatic heterocycles. The Bertz CT molecular complexity index is 218. The van der Waals surface area contributed by atoms with Crippen molar-refractivity contribution < 1.29 is 5.11 Å². The lowest BCUT2D eigenvalue weighted by Gasteiger charge is -2.05. The number of nitrogens with two attached hydrogens (primary N) is 1. The molecule has 1 rings (SSSR count). The Labute approximate surface area is 64.8 Å². The van der Waals surface area contributed by atoms with Gasteiger partial charge >= 0.3 is 0 Å². The number of rotatable bonds is 3. The molecule has 0 spiro atoms. The van der Waals surface area contributed by atoms with Crippen LogP contribution in [0.15, 0.2) is 6.20 Å². The van der Waals surface area contributed by atoms with Crippen LogP contribution in [0.4, 0.5) is 0 Å². The molecule has 1 unspecified atom stereocenters. The van der Waals surface area contributed by atoms with Gasteiger partial charge in [0.05, 0.1) is 12.3 Å². The summed E-state index contributed by atoms with van der Waals surface area (Å²) in [4.78, 5) is 0. The molecule has 5 nitrogen and oxygen atoms in total. The molecule has 5 heteroatoms. The van der Waals surface area contributed by atoms with E-state index in [1.807, 2.05) is 0 Å². The number of aromatic nitrogens is 3. The van der Waals surface area contributed by atoms with E-state index in [2.05, 4.69) is 10.3 Å². The van der Waals surface area contributed by atoms with Gasteiger partial charge in [-0.1, -0.05) is 5.21 Å². The van der Waals surface area contributed by atoms with Crippen LogP contribution in [0.3, 0.4) is 0 Å². The van der Waals surface area contributed by atoms with E-state index in [1.54, 1.807) is 17.9 Å². The van der Waals surface area contributed by atoms with E-state index >= 15 is 0 Å². The number of aryl methyl sites for hydroxylation is 1. The first-order chi connectivity index (χ1) is 5.27. The minimum atomic E-state index is -0.0799. The zero-order chi connectivity index (χ0) is 8.27. The van der Waals surface area contributed by atoms with Crippen LogP contribution in [0, 0.1) is 0 Å². The second kappa shape index (κ2) is 3.45. The van der Waals surface area contributed by atoms with Gasteiger partial charge in [0.15, 0.2) is 0 Å². The van der Waals surface area contributed by atoms with Gasteiger partial charge in [0.2, 0.25) is 0 Å². The predicted molar refractivity (Wildman–Crippen MR) is 39.9 cm³/mol. The molecule has 0 saturated heterocycles. The van der Waals surface area contributed by atoms with E-state index in [4.69, 9.17) is 10.8 Å². The highest BCUT2D eigenvalue weighted by Crippen LogP contribution is 2.08. The van der Waals surface area contributed by atoms with Gasteiger partial charge in [0, 0.05) is 25.7 Å². The Morgan fingerprint density at radius 3 is 2.91 bits per heavy atom. The number of hydrogen-bond acceptors (Lipinski definition) is 4. The smallest absolute Gasteiger partial charge is 0.0893 e. The molecule has 0 radical (unpaired) electrons. The third-order valence-electron chi connectivity index (χ3n) is 1.54. The quantitative estimate of drug-likeness (QED) is 0.579. The summed E-state index contributed by atoms with van der Waals surface area (Å²) in [6.07, 6.45) is 1.76. The van der Waals surface area contributed by atoms with Crippen LogP contribution in [0.5, 0.6) is 0 Å². The van der Waals surface area contributed by atoms with Crippen molar-refractivity contribution in [2.24, 2.45) is 12.8 Å². The molecule has 0 aliphatic heterocycles. The summed E-state index contributed by atoms with van der Waals surface area (Å²) < 4.78 is 1.59. The van der Waals surface area contributed by atoms with E-state index in [0.717, 1.165) is 5.69 Å². The van der Waals surface area contributed by atoms with Crippen molar-refractivity contribution in [1.82, 2.24) is 15.0 Å². The molecule has 3 N–H and O–H groups in total. The molecular weight excluding hydrogens is 144 g/mol. The molecule has 62 valence electrons. The summed E-state index contributed by atoms with van der Waals surface area (Å²) in [5.74, 6) is -0.0799. The fourth-order valence-corrected chi connectivity index (χ4v) is 0.841. The van der Waals surface area contributed by atoms with Crippen LogP contribution in [-0.4, -0.2) is 33.3 Å². The number of nitrogens with zero attached hydrogens (tertiary/aromatic N) is 3. The minimum absolute atomic E-state index is 0.0230. The zero-order valence-electron chi connectivity index (χ0n) is 6.44. The van der Waals surface area contributed by atoms with Crippen molar-refractivity contribution >= 4 is 0 Å². The van der Waals surface area contributed by atoms with Gasteiger partial charge in [-0.25, -0.2) is 0 Å². The third kappa shape index (κ3) is 1.75. The van der Waals surface area contributed by atoms with Gasteiger partial charge in [-0.3, -0.25) is 4.68 Å². The van der Waals surface area contributed by atoms with E-state index in [9.17, 15) is 0 Å². The van der Waals surface area contributed by atoms with Crippen molar-refractivity contribution in [3.05, 3.63) is 11.9 Å².